The molecule has 26 heavy (non-hydrogen) atoms. The van der Waals surface area contributed by atoms with Gasteiger partial charge >= 0.3 is 5.97 Å². The number of benzene rings is 2. The zero-order chi connectivity index (χ0) is 19.2. The quantitative estimate of drug-likeness (QED) is 0.669. The third-order valence-corrected chi connectivity index (χ3v) is 3.55. The summed E-state index contributed by atoms with van der Waals surface area (Å²) in [5.41, 5.74) is -1.85. The summed E-state index contributed by atoms with van der Waals surface area (Å²) < 4.78 is 11.3. The molecule has 0 saturated carbocycles. The highest BCUT2D eigenvalue weighted by atomic mass is 16.5. The molecule has 0 fully saturated rings. The van der Waals surface area contributed by atoms with Gasteiger partial charge < -0.3 is 25.0 Å². The van der Waals surface area contributed by atoms with Crippen LogP contribution in [0, 0.1) is 0 Å². The van der Waals surface area contributed by atoms with Gasteiger partial charge in [-0.3, -0.25) is 4.79 Å². The molecule has 0 bridgehead atoms. The molecule has 0 aliphatic heterocycles. The van der Waals surface area contributed by atoms with Crippen LogP contribution in [0.2, 0.25) is 0 Å². The molecule has 7 nitrogen and oxygen atoms in total. The Morgan fingerprint density at radius 1 is 1.04 bits per heavy atom. The van der Waals surface area contributed by atoms with Crippen molar-refractivity contribution in [3.8, 4) is 17.2 Å². The van der Waals surface area contributed by atoms with Crippen molar-refractivity contribution in [2.24, 2.45) is 0 Å². The van der Waals surface area contributed by atoms with Gasteiger partial charge in [0.15, 0.2) is 17.1 Å². The highest BCUT2D eigenvalue weighted by molar-refractivity contribution is 5.97. The highest BCUT2D eigenvalue weighted by Crippen LogP contribution is 2.32. The fraction of sp³-hybridized carbons (Fsp3) is 0.263. The Balaban J connectivity index is 2.20. The summed E-state index contributed by atoms with van der Waals surface area (Å²) in [5.74, 6) is -0.706. The minimum Gasteiger partial charge on any atom is -0.490 e. The van der Waals surface area contributed by atoms with Crippen molar-refractivity contribution >= 4 is 11.9 Å². The van der Waals surface area contributed by atoms with Crippen molar-refractivity contribution in [2.75, 3.05) is 13.2 Å². The molecule has 0 radical (unpaired) electrons. The number of carbonyl (C=O) groups excluding carboxylic acids is 1. The Morgan fingerprint density at radius 3 is 2.23 bits per heavy atom. The van der Waals surface area contributed by atoms with E-state index >= 15 is 0 Å². The lowest BCUT2D eigenvalue weighted by molar-refractivity contribution is -0.155. The van der Waals surface area contributed by atoms with Crippen LogP contribution in [0.5, 0.6) is 17.2 Å². The second kappa shape index (κ2) is 8.35. The number of hydrogen-bond donors (Lipinski definition) is 3. The predicted molar refractivity (Wildman–Crippen MR) is 94.7 cm³/mol. The van der Waals surface area contributed by atoms with Gasteiger partial charge in [0.25, 0.3) is 5.91 Å². The number of hydrogen-bond acceptors (Lipinski definition) is 5. The number of carboxylic acid groups (broad SMARTS) is 1. The van der Waals surface area contributed by atoms with E-state index in [2.05, 4.69) is 5.32 Å². The maximum atomic E-state index is 12.4. The molecule has 1 atom stereocenters. The summed E-state index contributed by atoms with van der Waals surface area (Å²) in [7, 11) is 0. The molecule has 2 rings (SSSR count). The Morgan fingerprint density at radius 2 is 1.62 bits per heavy atom. The van der Waals surface area contributed by atoms with Crippen LogP contribution in [0.15, 0.2) is 48.5 Å². The van der Waals surface area contributed by atoms with Crippen LogP contribution in [0.1, 0.15) is 24.2 Å². The lowest BCUT2D eigenvalue weighted by Crippen LogP contribution is -2.46. The van der Waals surface area contributed by atoms with E-state index < -0.39 is 24.0 Å². The van der Waals surface area contributed by atoms with Gasteiger partial charge in [-0.25, -0.2) is 4.79 Å². The summed E-state index contributed by atoms with van der Waals surface area (Å²) >= 11 is 0. The van der Waals surface area contributed by atoms with E-state index in [1.807, 2.05) is 13.0 Å². The number of aliphatic hydroxyl groups is 1. The molecule has 3 N–H and O–H groups in total. The molecule has 0 saturated heterocycles. The van der Waals surface area contributed by atoms with Crippen LogP contribution in [-0.4, -0.2) is 40.8 Å². The van der Waals surface area contributed by atoms with Crippen LogP contribution >= 0.6 is 0 Å². The van der Waals surface area contributed by atoms with E-state index in [4.69, 9.17) is 14.6 Å². The van der Waals surface area contributed by atoms with Crippen LogP contribution in [0.3, 0.4) is 0 Å². The van der Waals surface area contributed by atoms with Crippen molar-refractivity contribution in [2.45, 2.75) is 19.4 Å². The maximum Gasteiger partial charge on any atom is 0.337 e. The van der Waals surface area contributed by atoms with Crippen LogP contribution in [-0.2, 0) is 4.79 Å². The third kappa shape index (κ3) is 4.73. The number of carboxylic acids is 1. The summed E-state index contributed by atoms with van der Waals surface area (Å²) in [6, 6.07) is 13.6. The van der Waals surface area contributed by atoms with Crippen molar-refractivity contribution in [1.29, 1.82) is 0 Å². The molecule has 1 amide bonds. The van der Waals surface area contributed by atoms with E-state index in [0.29, 0.717) is 18.1 Å². The lowest BCUT2D eigenvalue weighted by Gasteiger charge is -2.19. The Hall–Kier alpha value is -3.06. The molecule has 2 aromatic rings. The zero-order valence-corrected chi connectivity index (χ0v) is 14.6. The zero-order valence-electron chi connectivity index (χ0n) is 14.6. The van der Waals surface area contributed by atoms with Gasteiger partial charge in [-0.05, 0) is 38.1 Å². The molecular weight excluding hydrogens is 338 g/mol. The van der Waals surface area contributed by atoms with Crippen molar-refractivity contribution in [3.63, 3.8) is 0 Å². The molecule has 0 aromatic heterocycles. The first-order valence-electron chi connectivity index (χ1n) is 8.08. The monoisotopic (exact) mass is 359 g/mol. The van der Waals surface area contributed by atoms with Gasteiger partial charge in [-0.2, -0.15) is 0 Å². The Labute approximate surface area is 151 Å². The van der Waals surface area contributed by atoms with Gasteiger partial charge in [0.1, 0.15) is 5.75 Å². The van der Waals surface area contributed by atoms with Gasteiger partial charge in [0.2, 0.25) is 0 Å². The topological polar surface area (TPSA) is 105 Å². The molecule has 0 spiro atoms. The number of amides is 1. The first-order chi connectivity index (χ1) is 12.3. The normalized spacial score (nSPS) is 12.7. The van der Waals surface area contributed by atoms with Crippen LogP contribution in [0.4, 0.5) is 0 Å². The summed E-state index contributed by atoms with van der Waals surface area (Å²) in [5, 5.41) is 21.0. The first-order valence-corrected chi connectivity index (χ1v) is 8.08. The highest BCUT2D eigenvalue weighted by Gasteiger charge is 2.30. The molecular formula is C19H21NO6. The van der Waals surface area contributed by atoms with Gasteiger partial charge in [0, 0.05) is 0 Å². The van der Waals surface area contributed by atoms with Gasteiger partial charge in [0.05, 0.1) is 18.7 Å². The molecule has 7 heteroatoms. The van der Waals surface area contributed by atoms with Gasteiger partial charge in [-0.1, -0.05) is 24.3 Å². The van der Waals surface area contributed by atoms with E-state index in [0.717, 1.165) is 6.92 Å². The smallest absolute Gasteiger partial charge is 0.337 e. The standard InChI is InChI=1S/C19H21NO6/c1-3-25-15-10-6-7-11-16(15)26-14-9-5-4-8-13(14)17(21)20-12-19(2,24)18(22)23/h4-11,24H,3,12H2,1-2H3,(H,20,21)(H,22,23). The van der Waals surface area contributed by atoms with E-state index in [1.54, 1.807) is 42.5 Å². The third-order valence-electron chi connectivity index (χ3n) is 3.55. The van der Waals surface area contributed by atoms with E-state index in [1.165, 1.54) is 0 Å². The summed E-state index contributed by atoms with van der Waals surface area (Å²) in [4.78, 5) is 23.3. The SMILES string of the molecule is CCOc1ccccc1Oc1ccccc1C(=O)NCC(C)(O)C(=O)O. The van der Waals surface area contributed by atoms with Crippen LogP contribution < -0.4 is 14.8 Å². The second-order valence-corrected chi connectivity index (χ2v) is 5.74. The molecule has 0 aliphatic carbocycles. The molecule has 0 heterocycles. The first kappa shape index (κ1) is 19.3. The Bertz CT molecular complexity index is 787. The average Bonchev–Trinajstić information content (AvgIpc) is 2.62. The Kier molecular flexibility index (Phi) is 6.19. The van der Waals surface area contributed by atoms with Crippen molar-refractivity contribution in [3.05, 3.63) is 54.1 Å². The van der Waals surface area contributed by atoms with Crippen molar-refractivity contribution in [1.82, 2.24) is 5.32 Å². The largest absolute Gasteiger partial charge is 0.490 e. The summed E-state index contributed by atoms with van der Waals surface area (Å²) in [6.45, 7) is 2.99. The minimum absolute atomic E-state index is 0.208. The fourth-order valence-electron chi connectivity index (χ4n) is 2.09. The number of nitrogens with one attached hydrogen (secondary N) is 1. The number of ether oxygens (including phenoxy) is 2. The van der Waals surface area contributed by atoms with Crippen molar-refractivity contribution < 1.29 is 29.3 Å². The maximum absolute atomic E-state index is 12.4. The van der Waals surface area contributed by atoms with E-state index in [-0.39, 0.29) is 11.3 Å². The van der Waals surface area contributed by atoms with Gasteiger partial charge in [-0.15, -0.1) is 0 Å². The predicted octanol–water partition coefficient (Wildman–Crippen LogP) is 2.44. The second-order valence-electron chi connectivity index (χ2n) is 5.74. The number of para-hydroxylation sites is 3. The molecule has 0 aliphatic rings. The number of rotatable bonds is 8. The fourth-order valence-corrected chi connectivity index (χ4v) is 2.09. The minimum atomic E-state index is -2.06. The van der Waals surface area contributed by atoms with E-state index in [9.17, 15) is 14.7 Å². The van der Waals surface area contributed by atoms with Crippen LogP contribution in [0.25, 0.3) is 0 Å². The summed E-state index contributed by atoms with van der Waals surface area (Å²) in [6.07, 6.45) is 0. The molecule has 138 valence electrons. The number of carbonyl (C=O) groups is 2. The average molecular weight is 359 g/mol. The molecule has 1 unspecified atom stereocenters. The number of aliphatic carboxylic acids is 1. The molecule has 2 aromatic carbocycles. The lowest BCUT2D eigenvalue weighted by atomic mass is 10.1.